The maximum Gasteiger partial charge on any atom is 0.146 e. The van der Waals surface area contributed by atoms with Crippen LogP contribution in [-0.4, -0.2) is 22.6 Å². The molecule has 1 aromatic heterocycles. The molecule has 0 unspecified atom stereocenters. The number of aromatic nitrogens is 2. The Morgan fingerprint density at radius 1 is 1.50 bits per heavy atom. The normalized spacial score (nSPS) is 15.5. The van der Waals surface area contributed by atoms with Crippen LogP contribution in [0.25, 0.3) is 0 Å². The first-order chi connectivity index (χ1) is 7.68. The highest BCUT2D eigenvalue weighted by atomic mass is 79.9. The highest BCUT2D eigenvalue weighted by Crippen LogP contribution is 2.34. The molecular formula is C12H18BrN3. The second kappa shape index (κ2) is 5.13. The molecule has 1 heterocycles. The smallest absolute Gasteiger partial charge is 0.146 e. The van der Waals surface area contributed by atoms with Crippen molar-refractivity contribution in [3.8, 4) is 0 Å². The summed E-state index contributed by atoms with van der Waals surface area (Å²) in [4.78, 5) is 10.8. The molecule has 0 saturated heterocycles. The lowest BCUT2D eigenvalue weighted by Gasteiger charge is -2.25. The topological polar surface area (TPSA) is 29.0 Å². The van der Waals surface area contributed by atoms with Gasteiger partial charge in [-0.15, -0.1) is 0 Å². The van der Waals surface area contributed by atoms with Crippen LogP contribution in [0.3, 0.4) is 0 Å². The largest absolute Gasteiger partial charge is 0.353 e. The molecule has 1 fully saturated rings. The van der Waals surface area contributed by atoms with Crippen molar-refractivity contribution in [1.29, 1.82) is 0 Å². The predicted molar refractivity (Wildman–Crippen MR) is 69.6 cm³/mol. The van der Waals surface area contributed by atoms with Crippen molar-refractivity contribution < 1.29 is 0 Å². The molecule has 1 saturated carbocycles. The van der Waals surface area contributed by atoms with Crippen molar-refractivity contribution in [3.63, 3.8) is 0 Å². The summed E-state index contributed by atoms with van der Waals surface area (Å²) in [5, 5.41) is 0. The minimum absolute atomic E-state index is 0.699. The summed E-state index contributed by atoms with van der Waals surface area (Å²) in [6.45, 7) is 5.62. The minimum atomic E-state index is 0.699. The molecule has 0 aliphatic heterocycles. The molecule has 1 aromatic rings. The van der Waals surface area contributed by atoms with Gasteiger partial charge in [0.15, 0.2) is 0 Å². The first kappa shape index (κ1) is 11.8. The highest BCUT2D eigenvalue weighted by molar-refractivity contribution is 9.10. The monoisotopic (exact) mass is 283 g/mol. The summed E-state index contributed by atoms with van der Waals surface area (Å²) in [6.07, 6.45) is 7.27. The van der Waals surface area contributed by atoms with Crippen LogP contribution >= 0.6 is 15.9 Å². The molecule has 0 aromatic carbocycles. The average Bonchev–Trinajstić information content (AvgIpc) is 3.04. The number of rotatable bonds is 5. The van der Waals surface area contributed by atoms with Gasteiger partial charge in [-0.05, 0) is 41.1 Å². The van der Waals surface area contributed by atoms with E-state index in [1.165, 1.54) is 19.3 Å². The fourth-order valence-corrected chi connectivity index (χ4v) is 2.21. The molecule has 4 heteroatoms. The van der Waals surface area contributed by atoms with Crippen LogP contribution in [-0.2, 0) is 0 Å². The third-order valence-electron chi connectivity index (χ3n) is 2.86. The van der Waals surface area contributed by atoms with Gasteiger partial charge in [-0.3, -0.25) is 0 Å². The third-order valence-corrected chi connectivity index (χ3v) is 3.41. The van der Waals surface area contributed by atoms with Crippen LogP contribution in [0.1, 0.15) is 33.1 Å². The molecule has 0 bridgehead atoms. The molecule has 3 nitrogen and oxygen atoms in total. The van der Waals surface area contributed by atoms with E-state index in [1.54, 1.807) is 6.33 Å². The van der Waals surface area contributed by atoms with Gasteiger partial charge in [-0.25, -0.2) is 9.97 Å². The number of hydrogen-bond acceptors (Lipinski definition) is 3. The summed E-state index contributed by atoms with van der Waals surface area (Å²) < 4.78 is 1.01. The molecule has 0 atom stereocenters. The summed E-state index contributed by atoms with van der Waals surface area (Å²) in [6, 6.07) is 0.699. The Labute approximate surface area is 105 Å². The van der Waals surface area contributed by atoms with Gasteiger partial charge in [0.2, 0.25) is 0 Å². The fraction of sp³-hybridized carbons (Fsp3) is 0.667. The Balaban J connectivity index is 2.10. The molecule has 0 amide bonds. The molecule has 1 aliphatic rings. The molecule has 16 heavy (non-hydrogen) atoms. The third kappa shape index (κ3) is 2.94. The van der Waals surface area contributed by atoms with E-state index >= 15 is 0 Å². The van der Waals surface area contributed by atoms with Gasteiger partial charge >= 0.3 is 0 Å². The summed E-state index contributed by atoms with van der Waals surface area (Å²) in [5.74, 6) is 1.79. The molecule has 0 N–H and O–H groups in total. The predicted octanol–water partition coefficient (Wildman–Crippen LogP) is 3.25. The zero-order valence-electron chi connectivity index (χ0n) is 9.86. The van der Waals surface area contributed by atoms with E-state index in [2.05, 4.69) is 44.6 Å². The molecule has 0 spiro atoms. The maximum absolute atomic E-state index is 4.39. The Morgan fingerprint density at radius 3 is 2.81 bits per heavy atom. The molecule has 88 valence electrons. The Morgan fingerprint density at radius 2 is 2.25 bits per heavy atom. The first-order valence-corrected chi connectivity index (χ1v) is 6.70. The van der Waals surface area contributed by atoms with Crippen molar-refractivity contribution in [1.82, 2.24) is 9.97 Å². The number of nitrogens with zero attached hydrogens (tertiary/aromatic N) is 3. The van der Waals surface area contributed by atoms with E-state index in [1.807, 2.05) is 6.20 Å². The van der Waals surface area contributed by atoms with Gasteiger partial charge in [0.25, 0.3) is 0 Å². The Kier molecular flexibility index (Phi) is 3.79. The van der Waals surface area contributed by atoms with Gasteiger partial charge in [-0.2, -0.15) is 0 Å². The van der Waals surface area contributed by atoms with E-state index in [9.17, 15) is 0 Å². The van der Waals surface area contributed by atoms with Crippen molar-refractivity contribution >= 4 is 21.7 Å². The minimum Gasteiger partial charge on any atom is -0.353 e. The Bertz CT molecular complexity index is 350. The second-order valence-corrected chi connectivity index (χ2v) is 5.66. The van der Waals surface area contributed by atoms with Crippen molar-refractivity contribution in [2.45, 2.75) is 39.2 Å². The highest BCUT2D eigenvalue weighted by Gasteiger charge is 2.30. The van der Waals surface area contributed by atoms with Crippen LogP contribution in [0, 0.1) is 5.92 Å². The SMILES string of the molecule is CC(C)CCN(c1ncncc1Br)C1CC1. The lowest BCUT2D eigenvalue weighted by atomic mass is 10.1. The van der Waals surface area contributed by atoms with Gasteiger partial charge < -0.3 is 4.90 Å². The van der Waals surface area contributed by atoms with E-state index in [4.69, 9.17) is 0 Å². The zero-order valence-corrected chi connectivity index (χ0v) is 11.4. The molecule has 2 rings (SSSR count). The quantitative estimate of drug-likeness (QED) is 0.831. The maximum atomic E-state index is 4.39. The lowest BCUT2D eigenvalue weighted by molar-refractivity contribution is 0.568. The van der Waals surface area contributed by atoms with Gasteiger partial charge in [0, 0.05) is 18.8 Å². The molecule has 0 radical (unpaired) electrons. The number of anilines is 1. The summed E-state index contributed by atoms with van der Waals surface area (Å²) in [5.41, 5.74) is 0. The van der Waals surface area contributed by atoms with E-state index in [-0.39, 0.29) is 0 Å². The lowest BCUT2D eigenvalue weighted by Crippen LogP contribution is -2.29. The van der Waals surface area contributed by atoms with Crippen LogP contribution in [0.2, 0.25) is 0 Å². The summed E-state index contributed by atoms with van der Waals surface area (Å²) in [7, 11) is 0. The van der Waals surface area contributed by atoms with Crippen molar-refractivity contribution in [2.24, 2.45) is 5.92 Å². The fourth-order valence-electron chi connectivity index (χ4n) is 1.76. The van der Waals surface area contributed by atoms with Crippen molar-refractivity contribution in [3.05, 3.63) is 17.0 Å². The number of halogens is 1. The Hall–Kier alpha value is -0.640. The van der Waals surface area contributed by atoms with Crippen molar-refractivity contribution in [2.75, 3.05) is 11.4 Å². The number of hydrogen-bond donors (Lipinski definition) is 0. The second-order valence-electron chi connectivity index (χ2n) is 4.80. The zero-order chi connectivity index (χ0) is 11.5. The average molecular weight is 284 g/mol. The summed E-state index contributed by atoms with van der Waals surface area (Å²) >= 11 is 3.53. The van der Waals surface area contributed by atoms with Crippen LogP contribution in [0.15, 0.2) is 17.0 Å². The van der Waals surface area contributed by atoms with Crippen LogP contribution in [0.5, 0.6) is 0 Å². The van der Waals surface area contributed by atoms with E-state index in [0.717, 1.165) is 22.8 Å². The van der Waals surface area contributed by atoms with E-state index in [0.29, 0.717) is 6.04 Å². The van der Waals surface area contributed by atoms with Gasteiger partial charge in [-0.1, -0.05) is 13.8 Å². The standard InChI is InChI=1S/C12H18BrN3/c1-9(2)5-6-16(10-3-4-10)12-11(13)7-14-8-15-12/h7-10H,3-6H2,1-2H3. The van der Waals surface area contributed by atoms with Gasteiger partial charge in [0.05, 0.1) is 4.47 Å². The molecule has 1 aliphatic carbocycles. The first-order valence-electron chi connectivity index (χ1n) is 5.90. The van der Waals surface area contributed by atoms with Gasteiger partial charge in [0.1, 0.15) is 12.1 Å². The van der Waals surface area contributed by atoms with Crippen LogP contribution < -0.4 is 4.90 Å². The van der Waals surface area contributed by atoms with Crippen LogP contribution in [0.4, 0.5) is 5.82 Å². The molecular weight excluding hydrogens is 266 g/mol. The van der Waals surface area contributed by atoms with E-state index < -0.39 is 0 Å².